The Morgan fingerprint density at radius 3 is 2.74 bits per heavy atom. The Morgan fingerprint density at radius 2 is 2.11 bits per heavy atom. The number of hydrogen-bond acceptors (Lipinski definition) is 3. The van der Waals surface area contributed by atoms with E-state index in [9.17, 15) is 4.79 Å². The molecule has 104 valence electrons. The minimum absolute atomic E-state index is 0.0453. The minimum atomic E-state index is -0.486. The second kappa shape index (κ2) is 5.21. The Labute approximate surface area is 114 Å². The second-order valence-electron chi connectivity index (χ2n) is 6.02. The number of amides is 1. The monoisotopic (exact) mass is 262 g/mol. The standard InChI is InChI=1S/C15H22N2O2/c1-15(2,3)19-14(18)17-13-11(9-16)8-10-6-4-5-7-12(10)13/h4-7,11,13H,8-9,16H2,1-3H3,(H,17,18)/t11-,13-/m1/s1. The summed E-state index contributed by atoms with van der Waals surface area (Å²) in [5.41, 5.74) is 7.75. The van der Waals surface area contributed by atoms with Crippen molar-refractivity contribution in [3.63, 3.8) is 0 Å². The smallest absolute Gasteiger partial charge is 0.408 e. The maximum absolute atomic E-state index is 11.9. The Bertz CT molecular complexity index is 465. The lowest BCUT2D eigenvalue weighted by Crippen LogP contribution is -2.38. The zero-order chi connectivity index (χ0) is 14.0. The third-order valence-corrected chi connectivity index (χ3v) is 3.32. The van der Waals surface area contributed by atoms with Crippen LogP contribution < -0.4 is 11.1 Å². The van der Waals surface area contributed by atoms with Gasteiger partial charge >= 0.3 is 6.09 Å². The summed E-state index contributed by atoms with van der Waals surface area (Å²) in [6.45, 7) is 6.12. The van der Waals surface area contributed by atoms with Crippen LogP contribution in [0, 0.1) is 5.92 Å². The number of rotatable bonds is 2. The molecular formula is C15H22N2O2. The van der Waals surface area contributed by atoms with E-state index in [-0.39, 0.29) is 18.1 Å². The van der Waals surface area contributed by atoms with Crippen LogP contribution in [0.25, 0.3) is 0 Å². The van der Waals surface area contributed by atoms with Gasteiger partial charge in [0, 0.05) is 0 Å². The molecular weight excluding hydrogens is 240 g/mol. The van der Waals surface area contributed by atoms with Gasteiger partial charge in [-0.3, -0.25) is 0 Å². The Hall–Kier alpha value is -1.55. The zero-order valence-corrected chi connectivity index (χ0v) is 11.8. The highest BCUT2D eigenvalue weighted by molar-refractivity contribution is 5.69. The van der Waals surface area contributed by atoms with Crippen molar-refractivity contribution in [2.24, 2.45) is 11.7 Å². The molecule has 1 aliphatic carbocycles. The average Bonchev–Trinajstić information content (AvgIpc) is 2.65. The lowest BCUT2D eigenvalue weighted by atomic mass is 10.0. The van der Waals surface area contributed by atoms with Crippen molar-refractivity contribution in [1.82, 2.24) is 5.32 Å². The van der Waals surface area contributed by atoms with Crippen LogP contribution >= 0.6 is 0 Å². The molecule has 1 aromatic rings. The van der Waals surface area contributed by atoms with Crippen molar-refractivity contribution in [3.8, 4) is 0 Å². The first-order valence-electron chi connectivity index (χ1n) is 6.68. The molecule has 4 heteroatoms. The van der Waals surface area contributed by atoms with E-state index in [1.807, 2.05) is 39.0 Å². The summed E-state index contributed by atoms with van der Waals surface area (Å²) in [6, 6.07) is 8.10. The van der Waals surface area contributed by atoms with E-state index in [2.05, 4.69) is 11.4 Å². The summed E-state index contributed by atoms with van der Waals surface area (Å²) in [7, 11) is 0. The molecule has 0 saturated carbocycles. The van der Waals surface area contributed by atoms with E-state index < -0.39 is 5.60 Å². The highest BCUT2D eigenvalue weighted by Gasteiger charge is 2.33. The molecule has 0 unspecified atom stereocenters. The Balaban J connectivity index is 2.12. The third kappa shape index (κ3) is 3.26. The van der Waals surface area contributed by atoms with Crippen molar-refractivity contribution >= 4 is 6.09 Å². The molecule has 1 amide bonds. The summed E-state index contributed by atoms with van der Waals surface area (Å²) in [6.07, 6.45) is 0.528. The number of ether oxygens (including phenoxy) is 1. The maximum atomic E-state index is 11.9. The number of carbonyl (C=O) groups is 1. The van der Waals surface area contributed by atoms with Gasteiger partial charge in [0.1, 0.15) is 5.60 Å². The Kier molecular flexibility index (Phi) is 3.80. The van der Waals surface area contributed by atoms with Crippen LogP contribution in [0.15, 0.2) is 24.3 Å². The zero-order valence-electron chi connectivity index (χ0n) is 11.8. The van der Waals surface area contributed by atoms with Crippen LogP contribution in [0.1, 0.15) is 37.9 Å². The molecule has 0 heterocycles. The average molecular weight is 262 g/mol. The van der Waals surface area contributed by atoms with E-state index >= 15 is 0 Å². The van der Waals surface area contributed by atoms with E-state index in [0.717, 1.165) is 12.0 Å². The summed E-state index contributed by atoms with van der Waals surface area (Å²) in [4.78, 5) is 11.9. The van der Waals surface area contributed by atoms with Gasteiger partial charge in [-0.1, -0.05) is 24.3 Å². The normalized spacial score (nSPS) is 21.9. The second-order valence-corrected chi connectivity index (χ2v) is 6.02. The molecule has 0 radical (unpaired) electrons. The first-order valence-corrected chi connectivity index (χ1v) is 6.68. The SMILES string of the molecule is CC(C)(C)OC(=O)N[C@H]1c2ccccc2C[C@@H]1CN. The largest absolute Gasteiger partial charge is 0.444 e. The molecule has 0 saturated heterocycles. The summed E-state index contributed by atoms with van der Waals surface area (Å²) >= 11 is 0. The van der Waals surface area contributed by atoms with Crippen LogP contribution in [0.3, 0.4) is 0 Å². The van der Waals surface area contributed by atoms with Gasteiger partial charge in [0.05, 0.1) is 6.04 Å². The first kappa shape index (κ1) is 13.9. The van der Waals surface area contributed by atoms with Crippen molar-refractivity contribution in [2.75, 3.05) is 6.54 Å². The van der Waals surface area contributed by atoms with Crippen LogP contribution in [0.2, 0.25) is 0 Å². The van der Waals surface area contributed by atoms with Crippen molar-refractivity contribution in [3.05, 3.63) is 35.4 Å². The number of nitrogens with two attached hydrogens (primary N) is 1. The molecule has 0 aliphatic heterocycles. The van der Waals surface area contributed by atoms with Gasteiger partial charge in [-0.05, 0) is 50.8 Å². The third-order valence-electron chi connectivity index (χ3n) is 3.32. The lowest BCUT2D eigenvalue weighted by molar-refractivity contribution is 0.0490. The van der Waals surface area contributed by atoms with Gasteiger partial charge in [0.25, 0.3) is 0 Å². The van der Waals surface area contributed by atoms with Crippen LogP contribution in [0.4, 0.5) is 4.79 Å². The predicted octanol–water partition coefficient (Wildman–Crippen LogP) is 2.38. The minimum Gasteiger partial charge on any atom is -0.444 e. The van der Waals surface area contributed by atoms with Gasteiger partial charge in [-0.15, -0.1) is 0 Å². The highest BCUT2D eigenvalue weighted by Crippen LogP contribution is 2.35. The topological polar surface area (TPSA) is 64.3 Å². The number of carbonyl (C=O) groups excluding carboxylic acids is 1. The van der Waals surface area contributed by atoms with Crippen LogP contribution in [-0.4, -0.2) is 18.2 Å². The fourth-order valence-electron chi connectivity index (χ4n) is 2.53. The van der Waals surface area contributed by atoms with Crippen molar-refractivity contribution in [2.45, 2.75) is 38.8 Å². The lowest BCUT2D eigenvalue weighted by Gasteiger charge is -2.24. The molecule has 4 nitrogen and oxygen atoms in total. The first-order chi connectivity index (χ1) is 8.90. The molecule has 0 spiro atoms. The van der Waals surface area contributed by atoms with Crippen molar-refractivity contribution in [1.29, 1.82) is 0 Å². The summed E-state index contributed by atoms with van der Waals surface area (Å²) in [5.74, 6) is 0.241. The molecule has 1 aromatic carbocycles. The fraction of sp³-hybridized carbons (Fsp3) is 0.533. The van der Waals surface area contributed by atoms with E-state index in [0.29, 0.717) is 6.54 Å². The number of fused-ring (bicyclic) bond motifs is 1. The number of nitrogens with one attached hydrogen (secondary N) is 1. The molecule has 19 heavy (non-hydrogen) atoms. The van der Waals surface area contributed by atoms with Gasteiger partial charge in [0.15, 0.2) is 0 Å². The number of benzene rings is 1. The molecule has 1 aliphatic rings. The van der Waals surface area contributed by atoms with Gasteiger partial charge in [0.2, 0.25) is 0 Å². The molecule has 0 aromatic heterocycles. The summed E-state index contributed by atoms with van der Waals surface area (Å²) < 4.78 is 5.32. The molecule has 0 fully saturated rings. The fourth-order valence-corrected chi connectivity index (χ4v) is 2.53. The molecule has 0 bridgehead atoms. The van der Waals surface area contributed by atoms with Gasteiger partial charge < -0.3 is 15.8 Å². The number of hydrogen-bond donors (Lipinski definition) is 2. The van der Waals surface area contributed by atoms with Crippen LogP contribution in [-0.2, 0) is 11.2 Å². The van der Waals surface area contributed by atoms with Crippen molar-refractivity contribution < 1.29 is 9.53 Å². The van der Waals surface area contributed by atoms with E-state index in [1.54, 1.807) is 0 Å². The predicted molar refractivity (Wildman–Crippen MR) is 74.8 cm³/mol. The quantitative estimate of drug-likeness (QED) is 0.860. The van der Waals surface area contributed by atoms with Crippen LogP contribution in [0.5, 0.6) is 0 Å². The molecule has 2 atom stereocenters. The summed E-state index contributed by atoms with van der Waals surface area (Å²) in [5, 5.41) is 2.95. The Morgan fingerprint density at radius 1 is 1.42 bits per heavy atom. The van der Waals surface area contributed by atoms with E-state index in [4.69, 9.17) is 10.5 Å². The number of alkyl carbamates (subject to hydrolysis) is 1. The van der Waals surface area contributed by atoms with Gasteiger partial charge in [-0.25, -0.2) is 4.79 Å². The highest BCUT2D eigenvalue weighted by atomic mass is 16.6. The maximum Gasteiger partial charge on any atom is 0.408 e. The van der Waals surface area contributed by atoms with Gasteiger partial charge in [-0.2, -0.15) is 0 Å². The van der Waals surface area contributed by atoms with E-state index in [1.165, 1.54) is 5.56 Å². The molecule has 3 N–H and O–H groups in total. The molecule has 2 rings (SSSR count).